The molecule has 0 saturated carbocycles. The van der Waals surface area contributed by atoms with Crippen molar-refractivity contribution in [3.8, 4) is 0 Å². The third-order valence-electron chi connectivity index (χ3n) is 2.66. The molecule has 1 aromatic rings. The molecule has 0 aliphatic rings. The summed E-state index contributed by atoms with van der Waals surface area (Å²) in [5, 5.41) is 8.39. The lowest BCUT2D eigenvalue weighted by Gasteiger charge is -2.19. The molecule has 6 heteroatoms. The van der Waals surface area contributed by atoms with Gasteiger partial charge in [-0.05, 0) is 30.5 Å². The van der Waals surface area contributed by atoms with Crippen LogP contribution in [0, 0.1) is 5.92 Å². The van der Waals surface area contributed by atoms with E-state index in [0.717, 1.165) is 0 Å². The Labute approximate surface area is 124 Å². The van der Waals surface area contributed by atoms with Crippen LogP contribution in [0.4, 0.5) is 10.5 Å². The van der Waals surface area contributed by atoms with E-state index in [1.807, 2.05) is 13.8 Å². The molecule has 3 amide bonds. The minimum atomic E-state index is -0.556. The summed E-state index contributed by atoms with van der Waals surface area (Å²) >= 11 is 5.84. The molecule has 0 aromatic heterocycles. The number of hydrogen-bond acceptors (Lipinski definition) is 2. The van der Waals surface area contributed by atoms with Crippen LogP contribution in [0.15, 0.2) is 24.3 Å². The predicted molar refractivity (Wildman–Crippen MR) is 80.9 cm³/mol. The van der Waals surface area contributed by atoms with Crippen LogP contribution in [0.25, 0.3) is 0 Å². The molecule has 110 valence electrons. The lowest BCUT2D eigenvalue weighted by atomic mass is 10.0. The number of nitrogens with one attached hydrogen (secondary N) is 3. The minimum absolute atomic E-state index is 0.208. The summed E-state index contributed by atoms with van der Waals surface area (Å²) in [6, 6.07) is 5.83. The summed E-state index contributed by atoms with van der Waals surface area (Å²) in [6.07, 6.45) is 0.572. The smallest absolute Gasteiger partial charge is 0.319 e. The van der Waals surface area contributed by atoms with Gasteiger partial charge in [-0.3, -0.25) is 4.79 Å². The van der Waals surface area contributed by atoms with Crippen LogP contribution in [0.1, 0.15) is 20.3 Å². The minimum Gasteiger partial charge on any atom is -0.357 e. The van der Waals surface area contributed by atoms with E-state index in [2.05, 4.69) is 16.0 Å². The van der Waals surface area contributed by atoms with Crippen molar-refractivity contribution in [3.63, 3.8) is 0 Å². The van der Waals surface area contributed by atoms with E-state index in [-0.39, 0.29) is 5.91 Å². The Morgan fingerprint density at radius 3 is 2.55 bits per heavy atom. The molecule has 0 unspecified atom stereocenters. The third kappa shape index (κ3) is 5.48. The quantitative estimate of drug-likeness (QED) is 0.782. The SMILES string of the molecule is CNC(=O)[C@@H](CC(C)C)NC(=O)Nc1cccc(Cl)c1. The highest BCUT2D eigenvalue weighted by molar-refractivity contribution is 6.30. The fourth-order valence-electron chi connectivity index (χ4n) is 1.77. The molecule has 1 rings (SSSR count). The Bertz CT molecular complexity index is 477. The van der Waals surface area contributed by atoms with Gasteiger partial charge in [0, 0.05) is 17.8 Å². The second kappa shape index (κ2) is 7.75. The van der Waals surface area contributed by atoms with Crippen molar-refractivity contribution in [2.75, 3.05) is 12.4 Å². The average Bonchev–Trinajstić information content (AvgIpc) is 2.36. The molecule has 0 bridgehead atoms. The van der Waals surface area contributed by atoms with E-state index < -0.39 is 12.1 Å². The fourth-order valence-corrected chi connectivity index (χ4v) is 1.96. The van der Waals surface area contributed by atoms with Crippen molar-refractivity contribution >= 4 is 29.2 Å². The Hall–Kier alpha value is -1.75. The molecule has 20 heavy (non-hydrogen) atoms. The van der Waals surface area contributed by atoms with Crippen molar-refractivity contribution in [2.45, 2.75) is 26.3 Å². The van der Waals surface area contributed by atoms with Crippen molar-refractivity contribution in [1.82, 2.24) is 10.6 Å². The van der Waals surface area contributed by atoms with Gasteiger partial charge in [0.2, 0.25) is 5.91 Å². The largest absolute Gasteiger partial charge is 0.357 e. The number of carbonyl (C=O) groups excluding carboxylic acids is 2. The molecule has 1 aromatic carbocycles. The van der Waals surface area contributed by atoms with E-state index >= 15 is 0 Å². The monoisotopic (exact) mass is 297 g/mol. The maximum atomic E-state index is 11.9. The molecule has 0 radical (unpaired) electrons. The maximum absolute atomic E-state index is 11.9. The molecule has 0 spiro atoms. The maximum Gasteiger partial charge on any atom is 0.319 e. The molecule has 3 N–H and O–H groups in total. The van der Waals surface area contributed by atoms with Crippen molar-refractivity contribution in [3.05, 3.63) is 29.3 Å². The molecule has 0 aliphatic heterocycles. The predicted octanol–water partition coefficient (Wildman–Crippen LogP) is 2.62. The Morgan fingerprint density at radius 1 is 1.30 bits per heavy atom. The summed E-state index contributed by atoms with van der Waals surface area (Å²) < 4.78 is 0. The van der Waals surface area contributed by atoms with Crippen LogP contribution in [-0.4, -0.2) is 25.0 Å². The standard InChI is InChI=1S/C14H20ClN3O2/c1-9(2)7-12(13(19)16-3)18-14(20)17-11-6-4-5-10(15)8-11/h4-6,8-9,12H,7H2,1-3H3,(H,16,19)(H2,17,18,20)/t12-/m1/s1. The Balaban J connectivity index is 2.64. The summed E-state index contributed by atoms with van der Waals surface area (Å²) in [5.74, 6) is 0.0868. The molecule has 5 nitrogen and oxygen atoms in total. The molecular formula is C14H20ClN3O2. The second-order valence-corrected chi connectivity index (χ2v) is 5.34. The Kier molecular flexibility index (Phi) is 6.31. The molecule has 0 fully saturated rings. The van der Waals surface area contributed by atoms with Gasteiger partial charge >= 0.3 is 6.03 Å². The number of carbonyl (C=O) groups is 2. The summed E-state index contributed by atoms with van der Waals surface area (Å²) in [6.45, 7) is 3.99. The first-order chi connectivity index (χ1) is 9.42. The van der Waals surface area contributed by atoms with Gasteiger partial charge < -0.3 is 16.0 Å². The molecule has 0 heterocycles. The van der Waals surface area contributed by atoms with Crippen molar-refractivity contribution < 1.29 is 9.59 Å². The van der Waals surface area contributed by atoms with Crippen LogP contribution in [-0.2, 0) is 4.79 Å². The first-order valence-electron chi connectivity index (χ1n) is 6.47. The van der Waals surface area contributed by atoms with Gasteiger partial charge in [0.1, 0.15) is 6.04 Å². The van der Waals surface area contributed by atoms with Crippen LogP contribution >= 0.6 is 11.6 Å². The highest BCUT2D eigenvalue weighted by Crippen LogP contribution is 2.14. The summed E-state index contributed by atoms with van der Waals surface area (Å²) in [5.41, 5.74) is 0.579. The van der Waals surface area contributed by atoms with E-state index in [9.17, 15) is 9.59 Å². The van der Waals surface area contributed by atoms with E-state index in [1.165, 1.54) is 0 Å². The average molecular weight is 298 g/mol. The highest BCUT2D eigenvalue weighted by Gasteiger charge is 2.20. The first kappa shape index (κ1) is 16.3. The number of hydrogen-bond donors (Lipinski definition) is 3. The van der Waals surface area contributed by atoms with Gasteiger partial charge in [-0.1, -0.05) is 31.5 Å². The zero-order valence-electron chi connectivity index (χ0n) is 11.9. The lowest BCUT2D eigenvalue weighted by molar-refractivity contribution is -0.122. The van der Waals surface area contributed by atoms with Gasteiger partial charge in [-0.25, -0.2) is 4.79 Å². The van der Waals surface area contributed by atoms with Crippen LogP contribution in [0.2, 0.25) is 5.02 Å². The van der Waals surface area contributed by atoms with E-state index in [4.69, 9.17) is 11.6 Å². The third-order valence-corrected chi connectivity index (χ3v) is 2.89. The van der Waals surface area contributed by atoms with Crippen LogP contribution in [0.5, 0.6) is 0 Å². The van der Waals surface area contributed by atoms with Gasteiger partial charge in [-0.2, -0.15) is 0 Å². The number of urea groups is 1. The van der Waals surface area contributed by atoms with Crippen molar-refractivity contribution in [2.24, 2.45) is 5.92 Å². The summed E-state index contributed by atoms with van der Waals surface area (Å²) in [4.78, 5) is 23.6. The zero-order chi connectivity index (χ0) is 15.1. The molecule has 1 atom stereocenters. The van der Waals surface area contributed by atoms with Crippen LogP contribution < -0.4 is 16.0 Å². The molecule has 0 aliphatic carbocycles. The Morgan fingerprint density at radius 2 is 2.00 bits per heavy atom. The van der Waals surface area contributed by atoms with E-state index in [1.54, 1.807) is 31.3 Å². The first-order valence-corrected chi connectivity index (χ1v) is 6.85. The number of benzene rings is 1. The normalized spacial score (nSPS) is 11.8. The van der Waals surface area contributed by atoms with Crippen LogP contribution in [0.3, 0.4) is 0 Å². The van der Waals surface area contributed by atoms with E-state index in [0.29, 0.717) is 23.0 Å². The zero-order valence-corrected chi connectivity index (χ0v) is 12.6. The number of likely N-dealkylation sites (N-methyl/N-ethyl adjacent to an activating group) is 1. The number of amides is 3. The second-order valence-electron chi connectivity index (χ2n) is 4.91. The van der Waals surface area contributed by atoms with Gasteiger partial charge in [0.25, 0.3) is 0 Å². The molecule has 0 saturated heterocycles. The van der Waals surface area contributed by atoms with Gasteiger partial charge in [0.05, 0.1) is 0 Å². The fraction of sp³-hybridized carbons (Fsp3) is 0.429. The topological polar surface area (TPSA) is 70.2 Å². The number of halogens is 1. The van der Waals surface area contributed by atoms with Gasteiger partial charge in [0.15, 0.2) is 0 Å². The number of rotatable bonds is 5. The molecular weight excluding hydrogens is 278 g/mol. The van der Waals surface area contributed by atoms with Gasteiger partial charge in [-0.15, -0.1) is 0 Å². The van der Waals surface area contributed by atoms with Crippen molar-refractivity contribution in [1.29, 1.82) is 0 Å². The highest BCUT2D eigenvalue weighted by atomic mass is 35.5. The number of anilines is 1. The summed E-state index contributed by atoms with van der Waals surface area (Å²) in [7, 11) is 1.55. The lowest BCUT2D eigenvalue weighted by Crippen LogP contribution is -2.47.